The molecule has 2 heterocycles. The lowest BCUT2D eigenvalue weighted by Gasteiger charge is -2.17. The Hall–Kier alpha value is -0.970. The number of aromatic nitrogens is 1. The molecule has 0 amide bonds. The van der Waals surface area contributed by atoms with Gasteiger partial charge in [-0.3, -0.25) is 4.98 Å². The van der Waals surface area contributed by atoms with E-state index in [1.165, 1.54) is 17.1 Å². The Morgan fingerprint density at radius 3 is 2.89 bits per heavy atom. The van der Waals surface area contributed by atoms with Crippen LogP contribution in [-0.2, 0) is 6.42 Å². The number of thiophene rings is 1. The molecule has 0 bridgehead atoms. The molecule has 0 aromatic carbocycles. The summed E-state index contributed by atoms with van der Waals surface area (Å²) in [5.74, 6) is -0.306. The molecule has 0 aliphatic heterocycles. The molecule has 96 valence electrons. The third kappa shape index (κ3) is 3.51. The lowest BCUT2D eigenvalue weighted by molar-refractivity contribution is 0.542. The molecule has 0 fully saturated rings. The average molecular weight is 285 g/mol. The Balaban J connectivity index is 2.17. The van der Waals surface area contributed by atoms with Crippen LogP contribution in [0.3, 0.4) is 0 Å². The molecule has 18 heavy (non-hydrogen) atoms. The van der Waals surface area contributed by atoms with E-state index in [1.807, 2.05) is 19.1 Å². The summed E-state index contributed by atoms with van der Waals surface area (Å²) in [6, 6.07) is 5.47. The van der Waals surface area contributed by atoms with Gasteiger partial charge in [0.2, 0.25) is 0 Å². The highest BCUT2D eigenvalue weighted by molar-refractivity contribution is 7.16. The van der Waals surface area contributed by atoms with Crippen LogP contribution in [0.5, 0.6) is 0 Å². The standard InChI is InChI=1S/C13H14ClFN2S/c1-2-17-12(6-11-3-4-13(14)18-11)9-5-10(15)8-16-7-9/h3-5,7-8,12,17H,2,6H2,1H3. The van der Waals surface area contributed by atoms with E-state index in [9.17, 15) is 4.39 Å². The lowest BCUT2D eigenvalue weighted by Crippen LogP contribution is -2.22. The Morgan fingerprint density at radius 2 is 2.28 bits per heavy atom. The summed E-state index contributed by atoms with van der Waals surface area (Å²) in [4.78, 5) is 5.07. The maximum absolute atomic E-state index is 13.2. The van der Waals surface area contributed by atoms with Crippen molar-refractivity contribution in [3.8, 4) is 0 Å². The maximum atomic E-state index is 13.2. The van der Waals surface area contributed by atoms with E-state index in [-0.39, 0.29) is 11.9 Å². The molecule has 1 unspecified atom stereocenters. The molecule has 2 nitrogen and oxygen atoms in total. The van der Waals surface area contributed by atoms with E-state index in [4.69, 9.17) is 11.6 Å². The summed E-state index contributed by atoms with van der Waals surface area (Å²) in [6.45, 7) is 2.85. The van der Waals surface area contributed by atoms with E-state index in [0.717, 1.165) is 22.9 Å². The van der Waals surface area contributed by atoms with Crippen molar-refractivity contribution in [3.05, 3.63) is 51.2 Å². The average Bonchev–Trinajstić information content (AvgIpc) is 2.74. The summed E-state index contributed by atoms with van der Waals surface area (Å²) < 4.78 is 14.0. The van der Waals surface area contributed by atoms with Gasteiger partial charge in [-0.2, -0.15) is 0 Å². The third-order valence-electron chi connectivity index (χ3n) is 2.61. The minimum atomic E-state index is -0.306. The van der Waals surface area contributed by atoms with Crippen LogP contribution in [-0.4, -0.2) is 11.5 Å². The van der Waals surface area contributed by atoms with Crippen molar-refractivity contribution in [1.29, 1.82) is 0 Å². The van der Waals surface area contributed by atoms with Crippen molar-refractivity contribution in [2.45, 2.75) is 19.4 Å². The quantitative estimate of drug-likeness (QED) is 0.903. The van der Waals surface area contributed by atoms with E-state index < -0.39 is 0 Å². The van der Waals surface area contributed by atoms with Crippen molar-refractivity contribution < 1.29 is 4.39 Å². The largest absolute Gasteiger partial charge is 0.310 e. The van der Waals surface area contributed by atoms with Crippen molar-refractivity contribution in [1.82, 2.24) is 10.3 Å². The normalized spacial score (nSPS) is 12.6. The molecular formula is C13H14ClFN2S. The van der Waals surface area contributed by atoms with E-state index >= 15 is 0 Å². The fourth-order valence-corrected chi connectivity index (χ4v) is 2.97. The minimum Gasteiger partial charge on any atom is -0.310 e. The first-order chi connectivity index (χ1) is 8.69. The number of hydrogen-bond acceptors (Lipinski definition) is 3. The van der Waals surface area contributed by atoms with Crippen LogP contribution in [0.2, 0.25) is 4.34 Å². The van der Waals surface area contributed by atoms with Gasteiger partial charge in [-0.1, -0.05) is 18.5 Å². The number of rotatable bonds is 5. The van der Waals surface area contributed by atoms with E-state index in [0.29, 0.717) is 0 Å². The van der Waals surface area contributed by atoms with E-state index in [2.05, 4.69) is 10.3 Å². The molecule has 2 rings (SSSR count). The zero-order chi connectivity index (χ0) is 13.0. The first-order valence-electron chi connectivity index (χ1n) is 5.77. The number of nitrogens with one attached hydrogen (secondary N) is 1. The van der Waals surface area contributed by atoms with Crippen LogP contribution in [0, 0.1) is 5.82 Å². The van der Waals surface area contributed by atoms with Gasteiger partial charge in [-0.05, 0) is 30.3 Å². The topological polar surface area (TPSA) is 24.9 Å². The van der Waals surface area contributed by atoms with Crippen LogP contribution in [0.1, 0.15) is 23.4 Å². The van der Waals surface area contributed by atoms with Crippen molar-refractivity contribution in [3.63, 3.8) is 0 Å². The number of hydrogen-bond donors (Lipinski definition) is 1. The molecule has 0 saturated carbocycles. The summed E-state index contributed by atoms with van der Waals surface area (Å²) in [5.41, 5.74) is 0.862. The molecule has 5 heteroatoms. The number of nitrogens with zero attached hydrogens (tertiary/aromatic N) is 1. The highest BCUT2D eigenvalue weighted by Crippen LogP contribution is 2.26. The molecule has 2 aromatic rings. The number of pyridine rings is 1. The Morgan fingerprint density at radius 1 is 1.44 bits per heavy atom. The predicted molar refractivity (Wildman–Crippen MR) is 73.6 cm³/mol. The maximum Gasteiger partial charge on any atom is 0.141 e. The molecule has 0 spiro atoms. The predicted octanol–water partition coefficient (Wildman–Crippen LogP) is 3.83. The zero-order valence-corrected chi connectivity index (χ0v) is 11.6. The van der Waals surface area contributed by atoms with Gasteiger partial charge in [0.25, 0.3) is 0 Å². The van der Waals surface area contributed by atoms with Gasteiger partial charge in [-0.15, -0.1) is 11.3 Å². The van der Waals surface area contributed by atoms with Crippen molar-refractivity contribution in [2.24, 2.45) is 0 Å². The van der Waals surface area contributed by atoms with Crippen LogP contribution in [0.15, 0.2) is 30.6 Å². The van der Waals surface area contributed by atoms with Crippen LogP contribution in [0.4, 0.5) is 4.39 Å². The Labute approximate surface area is 115 Å². The molecule has 0 saturated heterocycles. The fourth-order valence-electron chi connectivity index (χ4n) is 1.84. The van der Waals surface area contributed by atoms with Gasteiger partial charge in [0, 0.05) is 23.5 Å². The van der Waals surface area contributed by atoms with Crippen LogP contribution < -0.4 is 5.32 Å². The molecule has 0 aliphatic rings. The molecule has 0 aliphatic carbocycles. The molecule has 1 N–H and O–H groups in total. The minimum absolute atomic E-state index is 0.0629. The van der Waals surface area contributed by atoms with Gasteiger partial charge in [-0.25, -0.2) is 4.39 Å². The smallest absolute Gasteiger partial charge is 0.141 e. The monoisotopic (exact) mass is 284 g/mol. The number of halogens is 2. The van der Waals surface area contributed by atoms with Gasteiger partial charge >= 0.3 is 0 Å². The summed E-state index contributed by atoms with van der Waals surface area (Å²) in [5, 5.41) is 3.34. The zero-order valence-electron chi connectivity index (χ0n) is 9.99. The second kappa shape index (κ2) is 6.27. The summed E-state index contributed by atoms with van der Waals surface area (Å²) in [6.07, 6.45) is 3.70. The fraction of sp³-hybridized carbons (Fsp3) is 0.308. The summed E-state index contributed by atoms with van der Waals surface area (Å²) in [7, 11) is 0. The highest BCUT2D eigenvalue weighted by atomic mass is 35.5. The first kappa shape index (κ1) is 13.5. The Bertz CT molecular complexity index is 515. The second-order valence-electron chi connectivity index (χ2n) is 3.96. The first-order valence-corrected chi connectivity index (χ1v) is 6.96. The van der Waals surface area contributed by atoms with E-state index in [1.54, 1.807) is 17.5 Å². The Kier molecular flexibility index (Phi) is 4.69. The number of likely N-dealkylation sites (N-methyl/N-ethyl adjacent to an activating group) is 1. The lowest BCUT2D eigenvalue weighted by atomic mass is 10.0. The van der Waals surface area contributed by atoms with Gasteiger partial charge in [0.1, 0.15) is 5.82 Å². The molecule has 0 radical (unpaired) electrons. The summed E-state index contributed by atoms with van der Waals surface area (Å²) >= 11 is 7.47. The van der Waals surface area contributed by atoms with Crippen LogP contribution in [0.25, 0.3) is 0 Å². The molecule has 1 atom stereocenters. The van der Waals surface area contributed by atoms with Gasteiger partial charge in [0.05, 0.1) is 10.5 Å². The van der Waals surface area contributed by atoms with Crippen molar-refractivity contribution >= 4 is 22.9 Å². The highest BCUT2D eigenvalue weighted by Gasteiger charge is 2.13. The SMILES string of the molecule is CCNC(Cc1ccc(Cl)s1)c1cncc(F)c1. The van der Waals surface area contributed by atoms with Crippen LogP contribution >= 0.6 is 22.9 Å². The van der Waals surface area contributed by atoms with Crippen molar-refractivity contribution in [2.75, 3.05) is 6.54 Å². The van der Waals surface area contributed by atoms with Gasteiger partial charge in [0.15, 0.2) is 0 Å². The second-order valence-corrected chi connectivity index (χ2v) is 5.76. The van der Waals surface area contributed by atoms with Gasteiger partial charge < -0.3 is 5.32 Å². The molecular weight excluding hydrogens is 271 g/mol. The molecule has 2 aromatic heterocycles. The third-order valence-corrected chi connectivity index (χ3v) is 3.87.